The van der Waals surface area contributed by atoms with Crippen molar-refractivity contribution in [3.8, 4) is 0 Å². The van der Waals surface area contributed by atoms with E-state index >= 15 is 0 Å². The van der Waals surface area contributed by atoms with Gasteiger partial charge in [-0.05, 0) is 42.9 Å². The van der Waals surface area contributed by atoms with Gasteiger partial charge >= 0.3 is 0 Å². The van der Waals surface area contributed by atoms with Crippen LogP contribution in [0.15, 0.2) is 18.2 Å². The molecule has 1 aromatic carbocycles. The number of piperazine rings is 1. The van der Waals surface area contributed by atoms with Gasteiger partial charge in [0.05, 0.1) is 0 Å². The summed E-state index contributed by atoms with van der Waals surface area (Å²) in [5.74, 6) is 0.656. The minimum Gasteiger partial charge on any atom is -0.314 e. The molecule has 1 aromatic rings. The van der Waals surface area contributed by atoms with E-state index in [9.17, 15) is 4.39 Å². The smallest absolute Gasteiger partial charge is 0.126 e. The lowest BCUT2D eigenvalue weighted by Gasteiger charge is -2.41. The van der Waals surface area contributed by atoms with Crippen molar-refractivity contribution in [2.75, 3.05) is 26.2 Å². The van der Waals surface area contributed by atoms with Crippen molar-refractivity contribution < 1.29 is 4.39 Å². The van der Waals surface area contributed by atoms with Gasteiger partial charge < -0.3 is 5.32 Å². The predicted molar refractivity (Wildman–Crippen MR) is 99.4 cm³/mol. The van der Waals surface area contributed by atoms with Crippen LogP contribution in [0.25, 0.3) is 0 Å². The molecule has 132 valence electrons. The third kappa shape index (κ3) is 5.06. The minimum atomic E-state index is -0.0820. The van der Waals surface area contributed by atoms with Gasteiger partial charge in [-0.15, -0.1) is 24.8 Å². The molecule has 1 saturated carbocycles. The van der Waals surface area contributed by atoms with Gasteiger partial charge in [-0.25, -0.2) is 4.39 Å². The highest BCUT2D eigenvalue weighted by Gasteiger charge is 2.31. The number of nitrogens with zero attached hydrogens (tertiary/aromatic N) is 1. The van der Waals surface area contributed by atoms with E-state index in [0.717, 1.165) is 37.7 Å². The van der Waals surface area contributed by atoms with Crippen molar-refractivity contribution >= 4 is 24.8 Å². The lowest BCUT2D eigenvalue weighted by Crippen LogP contribution is -2.47. The lowest BCUT2D eigenvalue weighted by molar-refractivity contribution is 0.103. The molecule has 1 saturated heterocycles. The van der Waals surface area contributed by atoms with Crippen molar-refractivity contribution in [3.05, 3.63) is 35.1 Å². The van der Waals surface area contributed by atoms with Gasteiger partial charge in [0.25, 0.3) is 0 Å². The Morgan fingerprint density at radius 3 is 2.35 bits per heavy atom. The molecule has 1 aliphatic carbocycles. The van der Waals surface area contributed by atoms with Gasteiger partial charge in [0.2, 0.25) is 0 Å². The van der Waals surface area contributed by atoms with Crippen LogP contribution in [-0.4, -0.2) is 31.1 Å². The van der Waals surface area contributed by atoms with Crippen LogP contribution in [0.3, 0.4) is 0 Å². The number of hydrogen-bond acceptors (Lipinski definition) is 2. The van der Waals surface area contributed by atoms with Gasteiger partial charge in [-0.2, -0.15) is 0 Å². The van der Waals surface area contributed by atoms with Gasteiger partial charge in [0, 0.05) is 32.2 Å². The fourth-order valence-corrected chi connectivity index (χ4v) is 4.04. The summed E-state index contributed by atoms with van der Waals surface area (Å²) in [6, 6.07) is 6.23. The van der Waals surface area contributed by atoms with Crippen LogP contribution in [0.2, 0.25) is 0 Å². The number of nitrogens with one attached hydrogen (secondary N) is 1. The monoisotopic (exact) mass is 362 g/mol. The summed E-state index contributed by atoms with van der Waals surface area (Å²) in [6.45, 7) is 6.25. The van der Waals surface area contributed by atoms with E-state index in [0.29, 0.717) is 6.04 Å². The number of aryl methyl sites for hydroxylation is 1. The van der Waals surface area contributed by atoms with Crippen LogP contribution in [0.4, 0.5) is 4.39 Å². The van der Waals surface area contributed by atoms with E-state index in [2.05, 4.69) is 16.3 Å². The Balaban J connectivity index is 0.00000132. The average molecular weight is 363 g/mol. The molecule has 1 N–H and O–H groups in total. The van der Waals surface area contributed by atoms with Crippen LogP contribution < -0.4 is 5.32 Å². The van der Waals surface area contributed by atoms with E-state index in [1.54, 1.807) is 6.07 Å². The maximum atomic E-state index is 13.6. The van der Waals surface area contributed by atoms with Crippen molar-refractivity contribution in [2.45, 2.75) is 45.1 Å². The van der Waals surface area contributed by atoms with Gasteiger partial charge in [-0.1, -0.05) is 31.4 Å². The quantitative estimate of drug-likeness (QED) is 0.850. The predicted octanol–water partition coefficient (Wildman–Crippen LogP) is 4.50. The maximum Gasteiger partial charge on any atom is 0.126 e. The molecular weight excluding hydrogens is 334 g/mol. The topological polar surface area (TPSA) is 15.3 Å². The molecule has 0 bridgehead atoms. The van der Waals surface area contributed by atoms with E-state index in [1.807, 2.05) is 13.0 Å². The highest BCUT2D eigenvalue weighted by atomic mass is 35.5. The molecule has 1 atom stereocenters. The molecule has 5 heteroatoms. The summed E-state index contributed by atoms with van der Waals surface area (Å²) in [7, 11) is 0. The van der Waals surface area contributed by atoms with Crippen LogP contribution in [0.1, 0.15) is 49.3 Å². The fraction of sp³-hybridized carbons (Fsp3) is 0.667. The van der Waals surface area contributed by atoms with Crippen LogP contribution in [-0.2, 0) is 0 Å². The highest BCUT2D eigenvalue weighted by molar-refractivity contribution is 5.85. The Bertz CT molecular complexity index is 454. The highest BCUT2D eigenvalue weighted by Crippen LogP contribution is 2.38. The van der Waals surface area contributed by atoms with Crippen molar-refractivity contribution in [1.29, 1.82) is 0 Å². The number of hydrogen-bond donors (Lipinski definition) is 1. The normalized spacial score (nSPS) is 21.1. The van der Waals surface area contributed by atoms with Crippen molar-refractivity contribution in [1.82, 2.24) is 10.2 Å². The summed E-state index contributed by atoms with van der Waals surface area (Å²) in [5, 5.41) is 3.44. The average Bonchev–Trinajstić information content (AvgIpc) is 2.53. The van der Waals surface area contributed by atoms with Crippen LogP contribution >= 0.6 is 24.8 Å². The Labute approximate surface area is 152 Å². The van der Waals surface area contributed by atoms with E-state index in [-0.39, 0.29) is 30.6 Å². The first-order valence-electron chi connectivity index (χ1n) is 8.46. The zero-order valence-corrected chi connectivity index (χ0v) is 15.5. The molecule has 0 radical (unpaired) electrons. The maximum absolute atomic E-state index is 13.6. The SMILES string of the molecule is Cc1cc([C@H](C2CCCCC2)N2CCNCC2)ccc1F.Cl.Cl. The molecule has 23 heavy (non-hydrogen) atoms. The first kappa shape index (κ1) is 20.7. The first-order chi connectivity index (χ1) is 10.3. The third-order valence-electron chi connectivity index (χ3n) is 5.16. The van der Waals surface area contributed by atoms with Crippen LogP contribution in [0.5, 0.6) is 0 Å². The largest absolute Gasteiger partial charge is 0.314 e. The number of rotatable bonds is 3. The number of halogens is 3. The summed E-state index contributed by atoms with van der Waals surface area (Å²) >= 11 is 0. The second-order valence-corrected chi connectivity index (χ2v) is 6.64. The third-order valence-corrected chi connectivity index (χ3v) is 5.16. The Morgan fingerprint density at radius 1 is 1.09 bits per heavy atom. The molecule has 0 spiro atoms. The number of benzene rings is 1. The molecule has 0 aromatic heterocycles. The van der Waals surface area contributed by atoms with E-state index < -0.39 is 0 Å². The Hall–Kier alpha value is -0.350. The Kier molecular flexibility index (Phi) is 8.84. The van der Waals surface area contributed by atoms with Crippen LogP contribution in [0, 0.1) is 18.7 Å². The fourth-order valence-electron chi connectivity index (χ4n) is 4.04. The second kappa shape index (κ2) is 9.83. The first-order valence-corrected chi connectivity index (χ1v) is 8.46. The lowest BCUT2D eigenvalue weighted by atomic mass is 9.80. The molecule has 1 heterocycles. The van der Waals surface area contributed by atoms with Crippen molar-refractivity contribution in [3.63, 3.8) is 0 Å². The van der Waals surface area contributed by atoms with E-state index in [4.69, 9.17) is 0 Å². The van der Waals surface area contributed by atoms with E-state index in [1.165, 1.54) is 37.7 Å². The summed E-state index contributed by atoms with van der Waals surface area (Å²) in [4.78, 5) is 2.62. The van der Waals surface area contributed by atoms with Gasteiger partial charge in [0.15, 0.2) is 0 Å². The molecular formula is C18H29Cl2FN2. The molecule has 0 unspecified atom stereocenters. The standard InChI is InChI=1S/C18H27FN2.2ClH/c1-14-13-16(7-8-17(14)19)18(15-5-3-2-4-6-15)21-11-9-20-10-12-21;;/h7-8,13,15,18,20H,2-6,9-12H2,1H3;2*1H/t18-;;/m0../s1. The molecule has 1 aliphatic heterocycles. The molecule has 2 aliphatic rings. The van der Waals surface area contributed by atoms with Crippen molar-refractivity contribution in [2.24, 2.45) is 5.92 Å². The zero-order valence-electron chi connectivity index (χ0n) is 13.9. The molecule has 0 amide bonds. The summed E-state index contributed by atoms with van der Waals surface area (Å²) in [5.41, 5.74) is 2.10. The molecule has 3 rings (SSSR count). The Morgan fingerprint density at radius 2 is 1.74 bits per heavy atom. The zero-order chi connectivity index (χ0) is 14.7. The minimum absolute atomic E-state index is 0. The molecule has 2 fully saturated rings. The molecule has 2 nitrogen and oxygen atoms in total. The van der Waals surface area contributed by atoms with Gasteiger partial charge in [-0.3, -0.25) is 4.90 Å². The van der Waals surface area contributed by atoms with Gasteiger partial charge in [0.1, 0.15) is 5.82 Å². The summed E-state index contributed by atoms with van der Waals surface area (Å²) < 4.78 is 13.6. The second-order valence-electron chi connectivity index (χ2n) is 6.64. The summed E-state index contributed by atoms with van der Waals surface area (Å²) in [6.07, 6.45) is 6.74.